The standard InChI is InChI=1S/C16H23N3O2/c1-19-6-7-21-13(11-19)9-18-16(20)15-10-17-8-12-4-2-3-5-14(12)15/h2-5,13,15,17H,6-11H2,1H3,(H,18,20). The molecule has 2 atom stereocenters. The highest BCUT2D eigenvalue weighted by Gasteiger charge is 2.27. The zero-order valence-corrected chi connectivity index (χ0v) is 12.5. The fraction of sp³-hybridized carbons (Fsp3) is 0.562. The molecule has 2 aliphatic heterocycles. The van der Waals surface area contributed by atoms with Crippen LogP contribution in [0.5, 0.6) is 0 Å². The smallest absolute Gasteiger partial charge is 0.228 e. The molecule has 2 unspecified atom stereocenters. The maximum atomic E-state index is 12.5. The van der Waals surface area contributed by atoms with E-state index in [0.717, 1.165) is 31.8 Å². The Kier molecular flexibility index (Phi) is 4.53. The molecule has 0 aromatic heterocycles. The summed E-state index contributed by atoms with van der Waals surface area (Å²) in [5, 5.41) is 6.37. The lowest BCUT2D eigenvalue weighted by Crippen LogP contribution is -2.47. The van der Waals surface area contributed by atoms with Crippen LogP contribution in [0.15, 0.2) is 24.3 Å². The minimum Gasteiger partial charge on any atom is -0.374 e. The number of benzene rings is 1. The maximum absolute atomic E-state index is 12.5. The van der Waals surface area contributed by atoms with Crippen LogP contribution in [-0.4, -0.2) is 56.7 Å². The van der Waals surface area contributed by atoms with Crippen LogP contribution in [0, 0.1) is 0 Å². The van der Waals surface area contributed by atoms with Crippen LogP contribution < -0.4 is 10.6 Å². The van der Waals surface area contributed by atoms with E-state index in [1.54, 1.807) is 0 Å². The quantitative estimate of drug-likeness (QED) is 0.841. The summed E-state index contributed by atoms with van der Waals surface area (Å²) in [5.41, 5.74) is 2.37. The van der Waals surface area contributed by atoms with Crippen molar-refractivity contribution in [1.82, 2.24) is 15.5 Å². The third-order valence-corrected chi connectivity index (χ3v) is 4.26. The van der Waals surface area contributed by atoms with Crippen LogP contribution in [0.25, 0.3) is 0 Å². The van der Waals surface area contributed by atoms with Gasteiger partial charge in [0.1, 0.15) is 0 Å². The van der Waals surface area contributed by atoms with Crippen molar-refractivity contribution < 1.29 is 9.53 Å². The fourth-order valence-corrected chi connectivity index (χ4v) is 3.06. The van der Waals surface area contributed by atoms with Gasteiger partial charge >= 0.3 is 0 Å². The van der Waals surface area contributed by atoms with E-state index >= 15 is 0 Å². The second kappa shape index (κ2) is 6.56. The topological polar surface area (TPSA) is 53.6 Å². The van der Waals surface area contributed by atoms with Gasteiger partial charge in [-0.1, -0.05) is 24.3 Å². The molecule has 1 aromatic carbocycles. The summed E-state index contributed by atoms with van der Waals surface area (Å²) in [5.74, 6) is -0.0113. The Hall–Kier alpha value is -1.43. The molecule has 0 spiro atoms. The summed E-state index contributed by atoms with van der Waals surface area (Å²) in [6, 6.07) is 8.17. The summed E-state index contributed by atoms with van der Waals surface area (Å²) in [6.07, 6.45) is 0.0968. The second-order valence-electron chi connectivity index (χ2n) is 5.88. The van der Waals surface area contributed by atoms with Crippen molar-refractivity contribution in [2.24, 2.45) is 0 Å². The lowest BCUT2D eigenvalue weighted by atomic mass is 9.90. The number of hydrogen-bond donors (Lipinski definition) is 2. The first-order valence-electron chi connectivity index (χ1n) is 7.60. The normalized spacial score (nSPS) is 26.1. The molecule has 21 heavy (non-hydrogen) atoms. The highest BCUT2D eigenvalue weighted by atomic mass is 16.5. The van der Waals surface area contributed by atoms with Crippen LogP contribution in [0.1, 0.15) is 17.0 Å². The molecule has 2 aliphatic rings. The molecule has 114 valence electrons. The molecule has 1 saturated heterocycles. The number of morpholine rings is 1. The number of hydrogen-bond acceptors (Lipinski definition) is 4. The predicted molar refractivity (Wildman–Crippen MR) is 81.1 cm³/mol. The Morgan fingerprint density at radius 3 is 3.19 bits per heavy atom. The Bertz CT molecular complexity index is 506. The summed E-state index contributed by atoms with van der Waals surface area (Å²) >= 11 is 0. The number of likely N-dealkylation sites (N-methyl/N-ethyl adjacent to an activating group) is 1. The lowest BCUT2D eigenvalue weighted by molar-refractivity contribution is -0.123. The third kappa shape index (κ3) is 3.43. The molecule has 1 amide bonds. The van der Waals surface area contributed by atoms with Crippen LogP contribution in [-0.2, 0) is 16.1 Å². The lowest BCUT2D eigenvalue weighted by Gasteiger charge is -2.31. The van der Waals surface area contributed by atoms with E-state index < -0.39 is 0 Å². The number of ether oxygens (including phenoxy) is 1. The first-order chi connectivity index (χ1) is 10.2. The van der Waals surface area contributed by atoms with Crippen LogP contribution in [0.3, 0.4) is 0 Å². The zero-order valence-electron chi connectivity index (χ0n) is 12.5. The van der Waals surface area contributed by atoms with Crippen LogP contribution in [0.2, 0.25) is 0 Å². The van der Waals surface area contributed by atoms with Crippen molar-refractivity contribution in [1.29, 1.82) is 0 Å². The number of carbonyl (C=O) groups is 1. The van der Waals surface area contributed by atoms with Gasteiger partial charge in [-0.3, -0.25) is 4.79 Å². The van der Waals surface area contributed by atoms with E-state index in [1.165, 1.54) is 5.56 Å². The van der Waals surface area contributed by atoms with Crippen molar-refractivity contribution >= 4 is 5.91 Å². The number of nitrogens with one attached hydrogen (secondary N) is 2. The predicted octanol–water partition coefficient (Wildman–Crippen LogP) is 0.320. The first kappa shape index (κ1) is 14.5. The van der Waals surface area contributed by atoms with Crippen molar-refractivity contribution in [2.45, 2.75) is 18.6 Å². The van der Waals surface area contributed by atoms with Crippen molar-refractivity contribution in [3.8, 4) is 0 Å². The summed E-state index contributed by atoms with van der Waals surface area (Å²) < 4.78 is 5.68. The van der Waals surface area contributed by atoms with Crippen molar-refractivity contribution in [3.05, 3.63) is 35.4 Å². The van der Waals surface area contributed by atoms with Gasteiger partial charge < -0.3 is 20.3 Å². The number of nitrogens with zero attached hydrogens (tertiary/aromatic N) is 1. The number of fused-ring (bicyclic) bond motifs is 1. The van der Waals surface area contributed by atoms with Gasteiger partial charge in [-0.25, -0.2) is 0 Å². The highest BCUT2D eigenvalue weighted by molar-refractivity contribution is 5.84. The summed E-state index contributed by atoms with van der Waals surface area (Å²) in [4.78, 5) is 14.7. The van der Waals surface area contributed by atoms with E-state index in [1.807, 2.05) is 12.1 Å². The Morgan fingerprint density at radius 1 is 1.48 bits per heavy atom. The van der Waals surface area contributed by atoms with E-state index in [4.69, 9.17) is 4.74 Å². The van der Waals surface area contributed by atoms with E-state index in [2.05, 4.69) is 34.7 Å². The number of amides is 1. The molecular weight excluding hydrogens is 266 g/mol. The minimum atomic E-state index is -0.101. The third-order valence-electron chi connectivity index (χ3n) is 4.26. The number of carbonyl (C=O) groups excluding carboxylic acids is 1. The molecule has 3 rings (SSSR count). The Labute approximate surface area is 125 Å². The van der Waals surface area contributed by atoms with E-state index in [-0.39, 0.29) is 17.9 Å². The monoisotopic (exact) mass is 289 g/mol. The van der Waals surface area contributed by atoms with Crippen LogP contribution >= 0.6 is 0 Å². The summed E-state index contributed by atoms with van der Waals surface area (Å²) in [6.45, 7) is 4.71. The largest absolute Gasteiger partial charge is 0.374 e. The molecule has 0 bridgehead atoms. The van der Waals surface area contributed by atoms with Gasteiger partial charge in [0.05, 0.1) is 18.6 Å². The van der Waals surface area contributed by atoms with Crippen molar-refractivity contribution in [3.63, 3.8) is 0 Å². The van der Waals surface area contributed by atoms with Crippen molar-refractivity contribution in [2.75, 3.05) is 39.8 Å². The molecular formula is C16H23N3O2. The average molecular weight is 289 g/mol. The van der Waals surface area contributed by atoms with E-state index in [0.29, 0.717) is 13.1 Å². The Morgan fingerprint density at radius 2 is 2.33 bits per heavy atom. The molecule has 1 fully saturated rings. The van der Waals surface area contributed by atoms with Crippen LogP contribution in [0.4, 0.5) is 0 Å². The average Bonchev–Trinajstić information content (AvgIpc) is 2.52. The minimum absolute atomic E-state index is 0.0893. The van der Waals surface area contributed by atoms with Gasteiger partial charge in [0.25, 0.3) is 0 Å². The van der Waals surface area contributed by atoms with Gasteiger partial charge in [0.15, 0.2) is 0 Å². The SMILES string of the molecule is CN1CCOC(CNC(=O)C2CNCc3ccccc32)C1. The Balaban J connectivity index is 1.59. The second-order valence-corrected chi connectivity index (χ2v) is 5.88. The number of rotatable bonds is 3. The molecule has 2 heterocycles. The zero-order chi connectivity index (χ0) is 14.7. The van der Waals surface area contributed by atoms with E-state index in [9.17, 15) is 4.79 Å². The highest BCUT2D eigenvalue weighted by Crippen LogP contribution is 2.23. The maximum Gasteiger partial charge on any atom is 0.228 e. The molecule has 0 radical (unpaired) electrons. The molecule has 0 aliphatic carbocycles. The van der Waals surface area contributed by atoms with Gasteiger partial charge in [-0.15, -0.1) is 0 Å². The van der Waals surface area contributed by atoms with Gasteiger partial charge in [-0.05, 0) is 18.2 Å². The van der Waals surface area contributed by atoms with Gasteiger partial charge in [-0.2, -0.15) is 0 Å². The fourth-order valence-electron chi connectivity index (χ4n) is 3.06. The van der Waals surface area contributed by atoms with Gasteiger partial charge in [0, 0.05) is 32.7 Å². The van der Waals surface area contributed by atoms with Gasteiger partial charge in [0.2, 0.25) is 5.91 Å². The molecule has 5 heteroatoms. The first-order valence-corrected chi connectivity index (χ1v) is 7.60. The molecule has 5 nitrogen and oxygen atoms in total. The molecule has 1 aromatic rings. The molecule has 2 N–H and O–H groups in total. The molecule has 0 saturated carbocycles. The summed E-state index contributed by atoms with van der Waals surface area (Å²) in [7, 11) is 2.08.